The van der Waals surface area contributed by atoms with Crippen LogP contribution in [-0.4, -0.2) is 24.9 Å². The Morgan fingerprint density at radius 2 is 1.81 bits per heavy atom. The Balaban J connectivity index is 1.85. The first-order valence-electron chi connectivity index (χ1n) is 7.88. The van der Waals surface area contributed by atoms with Crippen molar-refractivity contribution in [1.82, 2.24) is 0 Å². The van der Waals surface area contributed by atoms with Gasteiger partial charge in [-0.2, -0.15) is 0 Å². The van der Waals surface area contributed by atoms with Gasteiger partial charge >= 0.3 is 0 Å². The molecule has 1 aromatic carbocycles. The first-order valence-corrected chi connectivity index (χ1v) is 9.43. The van der Waals surface area contributed by atoms with Crippen molar-refractivity contribution in [2.24, 2.45) is 0 Å². The number of fused-ring (bicyclic) bond motifs is 1. The largest absolute Gasteiger partial charge is 0.392 e. The van der Waals surface area contributed by atoms with E-state index >= 15 is 0 Å². The number of aliphatic hydroxyl groups is 1. The highest BCUT2D eigenvalue weighted by molar-refractivity contribution is 7.93. The number of anilines is 1. The molecule has 2 atom stereocenters. The maximum Gasteiger partial charge on any atom is 0.238 e. The van der Waals surface area contributed by atoms with Crippen LogP contribution in [0.4, 0.5) is 5.69 Å². The van der Waals surface area contributed by atoms with Crippen LogP contribution in [0.1, 0.15) is 49.7 Å². The molecule has 2 aliphatic carbocycles. The Kier molecular flexibility index (Phi) is 4.22. The first kappa shape index (κ1) is 14.9. The molecule has 3 rings (SSSR count). The fourth-order valence-electron chi connectivity index (χ4n) is 3.55. The van der Waals surface area contributed by atoms with E-state index in [1.165, 1.54) is 12.0 Å². The Morgan fingerprint density at radius 1 is 1.05 bits per heavy atom. The van der Waals surface area contributed by atoms with Gasteiger partial charge in [0.2, 0.25) is 10.0 Å². The molecule has 4 nitrogen and oxygen atoms in total. The van der Waals surface area contributed by atoms with Gasteiger partial charge in [0.25, 0.3) is 0 Å². The number of rotatable bonds is 3. The van der Waals surface area contributed by atoms with E-state index < -0.39 is 21.4 Å². The van der Waals surface area contributed by atoms with E-state index in [1.807, 2.05) is 12.1 Å². The van der Waals surface area contributed by atoms with E-state index in [0.29, 0.717) is 18.5 Å². The second-order valence-corrected chi connectivity index (χ2v) is 8.09. The maximum absolute atomic E-state index is 12.6. The predicted octanol–water partition coefficient (Wildman–Crippen LogP) is 2.61. The molecule has 0 radical (unpaired) electrons. The molecule has 0 heterocycles. The van der Waals surface area contributed by atoms with Crippen molar-refractivity contribution in [2.45, 2.75) is 62.7 Å². The van der Waals surface area contributed by atoms with Gasteiger partial charge in [0, 0.05) is 0 Å². The van der Waals surface area contributed by atoms with Gasteiger partial charge in [-0.3, -0.25) is 4.72 Å². The quantitative estimate of drug-likeness (QED) is 0.902. The van der Waals surface area contributed by atoms with Gasteiger partial charge in [0.1, 0.15) is 5.25 Å². The molecule has 0 spiro atoms. The van der Waals surface area contributed by atoms with Crippen LogP contribution >= 0.6 is 0 Å². The van der Waals surface area contributed by atoms with Gasteiger partial charge in [-0.15, -0.1) is 0 Å². The van der Waals surface area contributed by atoms with Gasteiger partial charge in [0.15, 0.2) is 0 Å². The van der Waals surface area contributed by atoms with E-state index in [-0.39, 0.29) is 0 Å². The van der Waals surface area contributed by atoms with Gasteiger partial charge in [-0.1, -0.05) is 25.0 Å². The number of aliphatic hydroxyl groups excluding tert-OH is 1. The molecule has 5 heteroatoms. The standard InChI is InChI=1S/C16H23NO3S/c18-15-10-3-4-11-16(15)21(19,20)17-14-9-5-7-12-6-1-2-8-13(12)14/h5,7,9,15-18H,1-4,6,8,10-11H2. The minimum Gasteiger partial charge on any atom is -0.392 e. The topological polar surface area (TPSA) is 66.4 Å². The van der Waals surface area contributed by atoms with Crippen molar-refractivity contribution in [3.8, 4) is 0 Å². The van der Waals surface area contributed by atoms with Crippen LogP contribution in [-0.2, 0) is 22.9 Å². The van der Waals surface area contributed by atoms with Gasteiger partial charge < -0.3 is 5.11 Å². The Morgan fingerprint density at radius 3 is 2.62 bits per heavy atom. The molecule has 116 valence electrons. The second-order valence-electron chi connectivity index (χ2n) is 6.19. The van der Waals surface area contributed by atoms with Crippen molar-refractivity contribution in [1.29, 1.82) is 0 Å². The van der Waals surface area contributed by atoms with Gasteiger partial charge in [-0.05, 0) is 55.7 Å². The molecule has 1 saturated carbocycles. The van der Waals surface area contributed by atoms with E-state index in [0.717, 1.165) is 37.7 Å². The third-order valence-corrected chi connectivity index (χ3v) is 6.57. The molecule has 0 bridgehead atoms. The molecule has 0 aromatic heterocycles. The zero-order valence-corrected chi connectivity index (χ0v) is 13.0. The summed E-state index contributed by atoms with van der Waals surface area (Å²) >= 11 is 0. The Hall–Kier alpha value is -1.07. The highest BCUT2D eigenvalue weighted by Crippen LogP contribution is 2.31. The summed E-state index contributed by atoms with van der Waals surface area (Å²) < 4.78 is 27.9. The third-order valence-electron chi connectivity index (χ3n) is 4.71. The Labute approximate surface area is 126 Å². The summed E-state index contributed by atoms with van der Waals surface area (Å²) in [5.74, 6) is 0. The molecule has 0 aliphatic heterocycles. The zero-order valence-electron chi connectivity index (χ0n) is 12.2. The van der Waals surface area contributed by atoms with Crippen molar-refractivity contribution < 1.29 is 13.5 Å². The molecule has 0 amide bonds. The van der Waals surface area contributed by atoms with Crippen LogP contribution in [0.2, 0.25) is 0 Å². The number of aryl methyl sites for hydroxylation is 1. The number of hydrogen-bond acceptors (Lipinski definition) is 3. The summed E-state index contributed by atoms with van der Waals surface area (Å²) in [5, 5.41) is 9.33. The van der Waals surface area contributed by atoms with Crippen LogP contribution < -0.4 is 4.72 Å². The van der Waals surface area contributed by atoms with Crippen LogP contribution in [0.3, 0.4) is 0 Å². The fourth-order valence-corrected chi connectivity index (χ4v) is 5.22. The molecule has 2 unspecified atom stereocenters. The highest BCUT2D eigenvalue weighted by atomic mass is 32.2. The average molecular weight is 309 g/mol. The average Bonchev–Trinajstić information content (AvgIpc) is 2.47. The molecule has 2 N–H and O–H groups in total. The molecule has 0 saturated heterocycles. The second kappa shape index (κ2) is 5.97. The van der Waals surface area contributed by atoms with E-state index in [1.54, 1.807) is 0 Å². The van der Waals surface area contributed by atoms with Crippen molar-refractivity contribution in [3.63, 3.8) is 0 Å². The van der Waals surface area contributed by atoms with Gasteiger partial charge in [0.05, 0.1) is 11.8 Å². The Bertz CT molecular complexity index is 612. The summed E-state index contributed by atoms with van der Waals surface area (Å²) in [6, 6.07) is 5.85. The summed E-state index contributed by atoms with van der Waals surface area (Å²) in [6.45, 7) is 0. The van der Waals surface area contributed by atoms with E-state index in [2.05, 4.69) is 10.8 Å². The molecule has 1 aromatic rings. The molecule has 2 aliphatic rings. The third kappa shape index (κ3) is 3.09. The van der Waals surface area contributed by atoms with Crippen LogP contribution in [0.5, 0.6) is 0 Å². The van der Waals surface area contributed by atoms with Crippen LogP contribution in [0, 0.1) is 0 Å². The number of nitrogens with one attached hydrogen (secondary N) is 1. The minimum atomic E-state index is -3.52. The van der Waals surface area contributed by atoms with Crippen LogP contribution in [0.15, 0.2) is 18.2 Å². The lowest BCUT2D eigenvalue weighted by Crippen LogP contribution is -2.40. The lowest BCUT2D eigenvalue weighted by molar-refractivity contribution is 0.133. The summed E-state index contributed by atoms with van der Waals surface area (Å²) in [4.78, 5) is 0. The van der Waals surface area contributed by atoms with Gasteiger partial charge in [-0.25, -0.2) is 8.42 Å². The first-order chi connectivity index (χ1) is 10.1. The lowest BCUT2D eigenvalue weighted by atomic mass is 9.91. The summed E-state index contributed by atoms with van der Waals surface area (Å²) in [5.41, 5.74) is 3.10. The van der Waals surface area contributed by atoms with Crippen molar-refractivity contribution in [2.75, 3.05) is 4.72 Å². The normalized spacial score (nSPS) is 26.1. The fraction of sp³-hybridized carbons (Fsp3) is 0.625. The summed E-state index contributed by atoms with van der Waals surface area (Å²) in [7, 11) is -3.52. The summed E-state index contributed by atoms with van der Waals surface area (Å²) in [6.07, 6.45) is 6.41. The molecule has 21 heavy (non-hydrogen) atoms. The number of sulfonamides is 1. The van der Waals surface area contributed by atoms with Crippen LogP contribution in [0.25, 0.3) is 0 Å². The predicted molar refractivity (Wildman–Crippen MR) is 83.9 cm³/mol. The van der Waals surface area contributed by atoms with Crippen molar-refractivity contribution in [3.05, 3.63) is 29.3 Å². The van der Waals surface area contributed by atoms with E-state index in [9.17, 15) is 13.5 Å². The van der Waals surface area contributed by atoms with Crippen molar-refractivity contribution >= 4 is 15.7 Å². The highest BCUT2D eigenvalue weighted by Gasteiger charge is 2.34. The lowest BCUT2D eigenvalue weighted by Gasteiger charge is -2.28. The van der Waals surface area contributed by atoms with E-state index in [4.69, 9.17) is 0 Å². The molecule has 1 fully saturated rings. The monoisotopic (exact) mass is 309 g/mol. The zero-order chi connectivity index (χ0) is 14.9. The maximum atomic E-state index is 12.6. The molecular weight excluding hydrogens is 286 g/mol. The minimum absolute atomic E-state index is 0.547. The SMILES string of the molecule is O=S(=O)(Nc1cccc2c1CCCC2)C1CCCCC1O. The number of benzene rings is 1. The molecular formula is C16H23NO3S. The smallest absolute Gasteiger partial charge is 0.238 e. The number of hydrogen-bond donors (Lipinski definition) is 2.